The Morgan fingerprint density at radius 2 is 1.82 bits per heavy atom. The van der Waals surface area contributed by atoms with Crippen molar-refractivity contribution in [3.8, 4) is 11.3 Å². The molecule has 0 saturated heterocycles. The lowest BCUT2D eigenvalue weighted by Gasteiger charge is -2.20. The van der Waals surface area contributed by atoms with Crippen molar-refractivity contribution < 1.29 is 0 Å². The summed E-state index contributed by atoms with van der Waals surface area (Å²) >= 11 is 5.35. The van der Waals surface area contributed by atoms with E-state index in [1.807, 2.05) is 24.4 Å². The molecule has 2 rings (SSSR count). The van der Waals surface area contributed by atoms with Gasteiger partial charge in [-0.25, -0.2) is 0 Å². The summed E-state index contributed by atoms with van der Waals surface area (Å²) in [6.07, 6.45) is 1.99. The summed E-state index contributed by atoms with van der Waals surface area (Å²) in [6, 6.07) is 10.3. The fourth-order valence-electron chi connectivity index (χ4n) is 1.87. The van der Waals surface area contributed by atoms with Crippen LogP contribution in [-0.4, -0.2) is 9.55 Å². The third-order valence-electron chi connectivity index (χ3n) is 2.57. The number of aromatic nitrogens is 2. The van der Waals surface area contributed by atoms with E-state index in [1.54, 1.807) is 0 Å². The fraction of sp³-hybridized carbons (Fsp3) is 0.357. The predicted octanol–water partition coefficient (Wildman–Crippen LogP) is 4.26. The van der Waals surface area contributed by atoms with Gasteiger partial charge in [0.25, 0.3) is 0 Å². The highest BCUT2D eigenvalue weighted by molar-refractivity contribution is 7.71. The lowest BCUT2D eigenvalue weighted by Crippen LogP contribution is -2.16. The highest BCUT2D eigenvalue weighted by atomic mass is 32.1. The van der Waals surface area contributed by atoms with Crippen LogP contribution in [0.1, 0.15) is 20.8 Å². The second-order valence-electron chi connectivity index (χ2n) is 5.49. The summed E-state index contributed by atoms with van der Waals surface area (Å²) in [5.41, 5.74) is 2.57. The number of imidazole rings is 1. The third-order valence-corrected chi connectivity index (χ3v) is 2.91. The molecule has 1 aromatic heterocycles. The third kappa shape index (κ3) is 2.86. The number of hydrogen-bond donors (Lipinski definition) is 1. The standard InChI is InChI=1S/C14H18N2S/c1-14(2,3)10-16-12(9-15-13(16)17)11-7-5-4-6-8-11/h4-9H,10H2,1-3H3,(H,15,17). The summed E-state index contributed by atoms with van der Waals surface area (Å²) in [5, 5.41) is 0. The van der Waals surface area contributed by atoms with Gasteiger partial charge < -0.3 is 9.55 Å². The Bertz CT molecular complexity index is 544. The van der Waals surface area contributed by atoms with Gasteiger partial charge in [0, 0.05) is 12.7 Å². The molecule has 0 bridgehead atoms. The molecule has 0 aliphatic carbocycles. The van der Waals surface area contributed by atoms with Crippen molar-refractivity contribution in [2.24, 2.45) is 5.41 Å². The molecule has 0 radical (unpaired) electrons. The molecule has 0 amide bonds. The van der Waals surface area contributed by atoms with Crippen LogP contribution in [-0.2, 0) is 6.54 Å². The summed E-state index contributed by atoms with van der Waals surface area (Å²) < 4.78 is 2.96. The van der Waals surface area contributed by atoms with Crippen molar-refractivity contribution in [1.82, 2.24) is 9.55 Å². The number of hydrogen-bond acceptors (Lipinski definition) is 1. The van der Waals surface area contributed by atoms with E-state index in [9.17, 15) is 0 Å². The van der Waals surface area contributed by atoms with Crippen LogP contribution in [0.2, 0.25) is 0 Å². The summed E-state index contributed by atoms with van der Waals surface area (Å²) in [7, 11) is 0. The molecule has 90 valence electrons. The number of rotatable bonds is 2. The van der Waals surface area contributed by atoms with E-state index in [1.165, 1.54) is 5.56 Å². The molecular weight excluding hydrogens is 228 g/mol. The SMILES string of the molecule is CC(C)(C)Cn1c(-c2ccccc2)c[nH]c1=S. The molecule has 1 aromatic carbocycles. The number of H-pyrrole nitrogens is 1. The lowest BCUT2D eigenvalue weighted by atomic mass is 9.96. The smallest absolute Gasteiger partial charge is 0.177 e. The zero-order valence-electron chi connectivity index (χ0n) is 10.5. The van der Waals surface area contributed by atoms with E-state index >= 15 is 0 Å². The van der Waals surface area contributed by atoms with E-state index in [4.69, 9.17) is 12.2 Å². The summed E-state index contributed by atoms with van der Waals surface area (Å²) in [5.74, 6) is 0. The van der Waals surface area contributed by atoms with Gasteiger partial charge in [0.15, 0.2) is 4.77 Å². The van der Waals surface area contributed by atoms with E-state index < -0.39 is 0 Å². The first kappa shape index (κ1) is 12.1. The first-order valence-electron chi connectivity index (χ1n) is 5.81. The van der Waals surface area contributed by atoms with Gasteiger partial charge in [0.2, 0.25) is 0 Å². The van der Waals surface area contributed by atoms with Gasteiger partial charge in [-0.2, -0.15) is 0 Å². The molecular formula is C14H18N2S. The minimum atomic E-state index is 0.212. The molecule has 17 heavy (non-hydrogen) atoms. The number of benzene rings is 1. The first-order valence-corrected chi connectivity index (χ1v) is 6.22. The molecule has 2 nitrogen and oxygen atoms in total. The maximum Gasteiger partial charge on any atom is 0.177 e. The number of aromatic amines is 1. The zero-order valence-corrected chi connectivity index (χ0v) is 11.3. The summed E-state index contributed by atoms with van der Waals surface area (Å²) in [4.78, 5) is 3.14. The molecule has 0 atom stereocenters. The van der Waals surface area contributed by atoms with Crippen molar-refractivity contribution in [3.63, 3.8) is 0 Å². The highest BCUT2D eigenvalue weighted by Gasteiger charge is 2.15. The van der Waals surface area contributed by atoms with Crippen molar-refractivity contribution in [2.75, 3.05) is 0 Å². The van der Waals surface area contributed by atoms with E-state index in [-0.39, 0.29) is 5.41 Å². The van der Waals surface area contributed by atoms with Gasteiger partial charge >= 0.3 is 0 Å². The Balaban J connectivity index is 2.47. The predicted molar refractivity (Wildman–Crippen MR) is 74.5 cm³/mol. The van der Waals surface area contributed by atoms with Crippen LogP contribution in [0.3, 0.4) is 0 Å². The van der Waals surface area contributed by atoms with Crippen molar-refractivity contribution in [3.05, 3.63) is 41.3 Å². The van der Waals surface area contributed by atoms with E-state index in [0.717, 1.165) is 17.0 Å². The van der Waals surface area contributed by atoms with Crippen LogP contribution in [0.5, 0.6) is 0 Å². The minimum Gasteiger partial charge on any atom is -0.337 e. The second-order valence-corrected chi connectivity index (χ2v) is 5.88. The van der Waals surface area contributed by atoms with Crippen molar-refractivity contribution in [1.29, 1.82) is 0 Å². The Morgan fingerprint density at radius 3 is 2.41 bits per heavy atom. The molecule has 3 heteroatoms. The van der Waals surface area contributed by atoms with Crippen molar-refractivity contribution >= 4 is 12.2 Å². The van der Waals surface area contributed by atoms with Gasteiger partial charge in [-0.15, -0.1) is 0 Å². The maximum absolute atomic E-state index is 5.35. The average molecular weight is 246 g/mol. The average Bonchev–Trinajstić information content (AvgIpc) is 2.60. The molecule has 0 saturated carbocycles. The Morgan fingerprint density at radius 1 is 1.18 bits per heavy atom. The van der Waals surface area contributed by atoms with Gasteiger partial charge in [0.05, 0.1) is 5.69 Å². The highest BCUT2D eigenvalue weighted by Crippen LogP contribution is 2.24. The molecule has 2 aromatic rings. The zero-order chi connectivity index (χ0) is 12.5. The Hall–Kier alpha value is -1.35. The quantitative estimate of drug-likeness (QED) is 0.785. The van der Waals surface area contributed by atoms with Crippen LogP contribution in [0, 0.1) is 10.2 Å². The van der Waals surface area contributed by atoms with E-state index in [0.29, 0.717) is 0 Å². The Kier molecular flexibility index (Phi) is 3.20. The van der Waals surface area contributed by atoms with E-state index in [2.05, 4.69) is 42.5 Å². The van der Waals surface area contributed by atoms with Crippen molar-refractivity contribution in [2.45, 2.75) is 27.3 Å². The molecule has 1 N–H and O–H groups in total. The van der Waals surface area contributed by atoms with Gasteiger partial charge in [0.1, 0.15) is 0 Å². The topological polar surface area (TPSA) is 20.7 Å². The van der Waals surface area contributed by atoms with Crippen LogP contribution in [0.25, 0.3) is 11.3 Å². The number of nitrogens with zero attached hydrogens (tertiary/aromatic N) is 1. The van der Waals surface area contributed by atoms with Gasteiger partial charge in [-0.1, -0.05) is 51.1 Å². The van der Waals surface area contributed by atoms with Crippen LogP contribution in [0.4, 0.5) is 0 Å². The summed E-state index contributed by atoms with van der Waals surface area (Å²) in [6.45, 7) is 7.57. The number of nitrogens with one attached hydrogen (secondary N) is 1. The largest absolute Gasteiger partial charge is 0.337 e. The molecule has 0 spiro atoms. The minimum absolute atomic E-state index is 0.212. The molecule has 0 unspecified atom stereocenters. The Labute approximate surface area is 107 Å². The van der Waals surface area contributed by atoms with Gasteiger partial charge in [-0.3, -0.25) is 0 Å². The molecule has 1 heterocycles. The first-order chi connectivity index (χ1) is 7.97. The van der Waals surface area contributed by atoms with Crippen LogP contribution in [0.15, 0.2) is 36.5 Å². The maximum atomic E-state index is 5.35. The lowest BCUT2D eigenvalue weighted by molar-refractivity contribution is 0.343. The molecule has 0 fully saturated rings. The van der Waals surface area contributed by atoms with Gasteiger partial charge in [-0.05, 0) is 23.2 Å². The molecule has 0 aliphatic rings. The normalized spacial score (nSPS) is 11.7. The monoisotopic (exact) mass is 246 g/mol. The molecule has 0 aliphatic heterocycles. The fourth-order valence-corrected chi connectivity index (χ4v) is 2.10. The second kappa shape index (κ2) is 4.49. The van der Waals surface area contributed by atoms with Crippen LogP contribution >= 0.6 is 12.2 Å². The van der Waals surface area contributed by atoms with Crippen LogP contribution < -0.4 is 0 Å².